The van der Waals surface area contributed by atoms with Crippen LogP contribution in [0.4, 0.5) is 10.3 Å². The van der Waals surface area contributed by atoms with Gasteiger partial charge in [-0.1, -0.05) is 42.0 Å². The summed E-state index contributed by atoms with van der Waals surface area (Å²) >= 11 is 1.46. The van der Waals surface area contributed by atoms with Crippen molar-refractivity contribution in [2.75, 3.05) is 5.32 Å². The second-order valence-electron chi connectivity index (χ2n) is 5.99. The molecule has 2 heterocycles. The number of nitrogens with zero attached hydrogens (tertiary/aromatic N) is 3. The van der Waals surface area contributed by atoms with Crippen molar-refractivity contribution in [3.63, 3.8) is 0 Å². The number of thiazole rings is 1. The summed E-state index contributed by atoms with van der Waals surface area (Å²) < 4.78 is 14.6. The van der Waals surface area contributed by atoms with Crippen molar-refractivity contribution < 1.29 is 9.18 Å². The molecule has 0 bridgehead atoms. The average Bonchev–Trinajstić information content (AvgIpc) is 3.22. The lowest BCUT2D eigenvalue weighted by Crippen LogP contribution is -2.09. The number of aromatic nitrogens is 3. The van der Waals surface area contributed by atoms with Gasteiger partial charge in [0.15, 0.2) is 0 Å². The SMILES string of the molecule is Cc1ccc(-c2csc3nc(NC(=O)/C=C/c4ccc(F)cc4)nn23)cc1. The number of hydrogen-bond donors (Lipinski definition) is 1. The van der Waals surface area contributed by atoms with Gasteiger partial charge in [0, 0.05) is 17.0 Å². The number of benzene rings is 2. The van der Waals surface area contributed by atoms with E-state index in [4.69, 9.17) is 0 Å². The first kappa shape index (κ1) is 17.1. The number of hydrogen-bond acceptors (Lipinski definition) is 4. The normalized spacial score (nSPS) is 11.3. The standard InChI is InChI=1S/C20H15FN4OS/c1-13-2-7-15(8-3-13)17-12-27-20-23-19(24-25(17)20)22-18(26)11-6-14-4-9-16(21)10-5-14/h2-12H,1H3,(H,22,24,26)/b11-6+. The Balaban J connectivity index is 1.52. The Morgan fingerprint density at radius 3 is 2.63 bits per heavy atom. The van der Waals surface area contributed by atoms with Gasteiger partial charge in [0.05, 0.1) is 5.69 Å². The molecule has 0 radical (unpaired) electrons. The minimum atomic E-state index is -0.352. The summed E-state index contributed by atoms with van der Waals surface area (Å²) in [4.78, 5) is 17.1. The van der Waals surface area contributed by atoms with Crippen molar-refractivity contribution in [1.82, 2.24) is 14.6 Å². The second kappa shape index (κ2) is 7.13. The van der Waals surface area contributed by atoms with Gasteiger partial charge in [0.2, 0.25) is 4.96 Å². The highest BCUT2D eigenvalue weighted by atomic mass is 32.1. The molecule has 5 nitrogen and oxygen atoms in total. The van der Waals surface area contributed by atoms with E-state index in [1.807, 2.05) is 36.6 Å². The first-order valence-electron chi connectivity index (χ1n) is 8.24. The first-order chi connectivity index (χ1) is 13.1. The number of carbonyl (C=O) groups is 1. The maximum absolute atomic E-state index is 12.9. The van der Waals surface area contributed by atoms with Crippen LogP contribution in [0.3, 0.4) is 0 Å². The number of rotatable bonds is 4. The highest BCUT2D eigenvalue weighted by Gasteiger charge is 2.12. The Morgan fingerprint density at radius 2 is 1.89 bits per heavy atom. The lowest BCUT2D eigenvalue weighted by Gasteiger charge is -1.99. The predicted molar refractivity (Wildman–Crippen MR) is 105 cm³/mol. The van der Waals surface area contributed by atoms with Crippen LogP contribution in [0.2, 0.25) is 0 Å². The van der Waals surface area contributed by atoms with Gasteiger partial charge < -0.3 is 0 Å². The quantitative estimate of drug-likeness (QED) is 0.530. The van der Waals surface area contributed by atoms with Crippen LogP contribution < -0.4 is 5.32 Å². The molecule has 0 aliphatic rings. The second-order valence-corrected chi connectivity index (χ2v) is 6.83. The van der Waals surface area contributed by atoms with E-state index in [-0.39, 0.29) is 17.7 Å². The summed E-state index contributed by atoms with van der Waals surface area (Å²) in [7, 11) is 0. The number of anilines is 1. The van der Waals surface area contributed by atoms with Crippen molar-refractivity contribution in [3.8, 4) is 11.3 Å². The van der Waals surface area contributed by atoms with E-state index in [1.165, 1.54) is 35.1 Å². The molecule has 0 aliphatic heterocycles. The van der Waals surface area contributed by atoms with Gasteiger partial charge in [-0.2, -0.15) is 4.98 Å². The highest BCUT2D eigenvalue weighted by Crippen LogP contribution is 2.26. The monoisotopic (exact) mass is 378 g/mol. The Bertz CT molecular complexity index is 1130. The third-order valence-corrected chi connectivity index (χ3v) is 4.78. The van der Waals surface area contributed by atoms with E-state index in [2.05, 4.69) is 15.4 Å². The predicted octanol–water partition coefficient (Wildman–Crippen LogP) is 4.56. The minimum absolute atomic E-state index is 0.240. The van der Waals surface area contributed by atoms with Crippen LogP contribution in [-0.4, -0.2) is 20.5 Å². The zero-order valence-electron chi connectivity index (χ0n) is 14.4. The molecule has 0 saturated carbocycles. The van der Waals surface area contributed by atoms with Gasteiger partial charge in [0.25, 0.3) is 11.9 Å². The molecule has 1 amide bonds. The van der Waals surface area contributed by atoms with E-state index in [9.17, 15) is 9.18 Å². The summed E-state index contributed by atoms with van der Waals surface area (Å²) in [6.45, 7) is 2.04. The molecular formula is C20H15FN4OS. The summed E-state index contributed by atoms with van der Waals surface area (Å²) in [5, 5.41) is 9.02. The third kappa shape index (κ3) is 3.78. The largest absolute Gasteiger partial charge is 0.290 e. The zero-order chi connectivity index (χ0) is 18.8. The van der Waals surface area contributed by atoms with Crippen LogP contribution in [0.5, 0.6) is 0 Å². The van der Waals surface area contributed by atoms with Crippen LogP contribution >= 0.6 is 11.3 Å². The van der Waals surface area contributed by atoms with Crippen LogP contribution in [0, 0.1) is 12.7 Å². The zero-order valence-corrected chi connectivity index (χ0v) is 15.2. The molecule has 0 unspecified atom stereocenters. The van der Waals surface area contributed by atoms with Gasteiger partial charge in [-0.3, -0.25) is 10.1 Å². The molecule has 1 N–H and O–H groups in total. The van der Waals surface area contributed by atoms with Gasteiger partial charge in [0.1, 0.15) is 5.82 Å². The van der Waals surface area contributed by atoms with Gasteiger partial charge in [-0.05, 0) is 30.7 Å². The van der Waals surface area contributed by atoms with Crippen LogP contribution in [0.15, 0.2) is 60.0 Å². The van der Waals surface area contributed by atoms with Crippen molar-refractivity contribution in [2.24, 2.45) is 0 Å². The number of halogens is 1. The molecule has 0 aliphatic carbocycles. The van der Waals surface area contributed by atoms with Crippen molar-refractivity contribution in [2.45, 2.75) is 6.92 Å². The lowest BCUT2D eigenvalue weighted by molar-refractivity contribution is -0.111. The fraction of sp³-hybridized carbons (Fsp3) is 0.0500. The Labute approximate surface area is 158 Å². The molecule has 0 atom stereocenters. The average molecular weight is 378 g/mol. The number of amides is 1. The van der Waals surface area contributed by atoms with E-state index < -0.39 is 0 Å². The van der Waals surface area contributed by atoms with Gasteiger partial charge in [-0.25, -0.2) is 8.91 Å². The van der Waals surface area contributed by atoms with E-state index >= 15 is 0 Å². The minimum Gasteiger partial charge on any atom is -0.290 e. The molecule has 2 aromatic heterocycles. The van der Waals surface area contributed by atoms with E-state index in [0.717, 1.165) is 16.8 Å². The van der Waals surface area contributed by atoms with Crippen molar-refractivity contribution in [3.05, 3.63) is 76.9 Å². The summed E-state index contributed by atoms with van der Waals surface area (Å²) in [6, 6.07) is 14.0. The molecule has 2 aromatic carbocycles. The summed E-state index contributed by atoms with van der Waals surface area (Å²) in [6.07, 6.45) is 2.97. The van der Waals surface area contributed by atoms with Crippen LogP contribution in [-0.2, 0) is 4.79 Å². The molecule has 0 saturated heterocycles. The number of carbonyl (C=O) groups excluding carboxylic acids is 1. The maximum atomic E-state index is 12.9. The molecular weight excluding hydrogens is 363 g/mol. The third-order valence-electron chi connectivity index (χ3n) is 3.96. The summed E-state index contributed by atoms with van der Waals surface area (Å²) in [5.41, 5.74) is 3.87. The smallest absolute Gasteiger partial charge is 0.250 e. The number of aryl methyl sites for hydroxylation is 1. The Morgan fingerprint density at radius 1 is 1.15 bits per heavy atom. The number of nitrogens with one attached hydrogen (secondary N) is 1. The van der Waals surface area contributed by atoms with Crippen molar-refractivity contribution >= 4 is 34.2 Å². The molecule has 134 valence electrons. The fourth-order valence-electron chi connectivity index (χ4n) is 2.55. The summed E-state index contributed by atoms with van der Waals surface area (Å²) in [5.74, 6) is -0.429. The first-order valence-corrected chi connectivity index (χ1v) is 9.12. The van der Waals surface area contributed by atoms with E-state index in [0.29, 0.717) is 4.96 Å². The van der Waals surface area contributed by atoms with E-state index in [1.54, 1.807) is 22.7 Å². The molecule has 4 rings (SSSR count). The topological polar surface area (TPSA) is 59.3 Å². The fourth-order valence-corrected chi connectivity index (χ4v) is 3.39. The van der Waals surface area contributed by atoms with Gasteiger partial charge >= 0.3 is 0 Å². The Kier molecular flexibility index (Phi) is 4.52. The van der Waals surface area contributed by atoms with Crippen molar-refractivity contribution in [1.29, 1.82) is 0 Å². The lowest BCUT2D eigenvalue weighted by atomic mass is 10.1. The molecule has 4 aromatic rings. The van der Waals surface area contributed by atoms with Gasteiger partial charge in [-0.15, -0.1) is 16.4 Å². The molecule has 27 heavy (non-hydrogen) atoms. The van der Waals surface area contributed by atoms with Crippen LogP contribution in [0.25, 0.3) is 22.3 Å². The molecule has 0 spiro atoms. The maximum Gasteiger partial charge on any atom is 0.250 e. The highest BCUT2D eigenvalue weighted by molar-refractivity contribution is 7.15. The van der Waals surface area contributed by atoms with Crippen LogP contribution in [0.1, 0.15) is 11.1 Å². The number of fused-ring (bicyclic) bond motifs is 1. The Hall–Kier alpha value is -3.32. The molecule has 7 heteroatoms. The molecule has 0 fully saturated rings.